The second kappa shape index (κ2) is 5.95. The molecule has 0 aliphatic rings. The number of hydrogen-bond acceptors (Lipinski definition) is 3. The van der Waals surface area contributed by atoms with Gasteiger partial charge in [-0.25, -0.2) is 0 Å². The fourth-order valence-corrected chi connectivity index (χ4v) is 0.920. The lowest BCUT2D eigenvalue weighted by Gasteiger charge is -2.10. The van der Waals surface area contributed by atoms with Crippen LogP contribution in [-0.2, 0) is 14.4 Å². The maximum atomic E-state index is 11.0. The van der Waals surface area contributed by atoms with Gasteiger partial charge in [0.25, 0.3) is 0 Å². The normalized spacial score (nSPS) is 11.8. The molecule has 14 heavy (non-hydrogen) atoms. The highest BCUT2D eigenvalue weighted by molar-refractivity contribution is 5.81. The molecule has 0 radical (unpaired) electrons. The van der Waals surface area contributed by atoms with Crippen molar-refractivity contribution >= 4 is 17.8 Å². The summed E-state index contributed by atoms with van der Waals surface area (Å²) in [5, 5.41) is 10.8. The van der Waals surface area contributed by atoms with Gasteiger partial charge in [0.05, 0.1) is 6.42 Å². The first-order valence-electron chi connectivity index (χ1n) is 4.21. The summed E-state index contributed by atoms with van der Waals surface area (Å²) in [7, 11) is 0. The second-order valence-corrected chi connectivity index (χ2v) is 3.03. The Labute approximate surface area is 81.5 Å². The monoisotopic (exact) mass is 202 g/mol. The Balaban J connectivity index is 3.71. The van der Waals surface area contributed by atoms with Crippen LogP contribution in [0.4, 0.5) is 0 Å². The predicted molar refractivity (Wildman–Crippen MR) is 48.3 cm³/mol. The molecule has 0 aromatic heterocycles. The minimum atomic E-state index is -1.03. The molecule has 0 fully saturated rings. The van der Waals surface area contributed by atoms with E-state index in [1.807, 2.05) is 0 Å². The van der Waals surface area contributed by atoms with E-state index in [1.54, 1.807) is 6.92 Å². The largest absolute Gasteiger partial charge is 0.481 e. The summed E-state index contributed by atoms with van der Waals surface area (Å²) in [5.41, 5.74) is 4.91. The van der Waals surface area contributed by atoms with Crippen LogP contribution in [0.15, 0.2) is 0 Å². The van der Waals surface area contributed by atoms with Crippen molar-refractivity contribution in [3.05, 3.63) is 0 Å². The molecule has 1 unspecified atom stereocenters. The Morgan fingerprint density at radius 2 is 1.93 bits per heavy atom. The molecule has 0 aromatic carbocycles. The summed E-state index contributed by atoms with van der Waals surface area (Å²) in [5.74, 6) is -1.92. The van der Waals surface area contributed by atoms with E-state index in [2.05, 4.69) is 5.32 Å². The van der Waals surface area contributed by atoms with Crippen molar-refractivity contribution in [2.75, 3.05) is 0 Å². The van der Waals surface area contributed by atoms with Crippen molar-refractivity contribution in [2.45, 2.75) is 32.2 Å². The van der Waals surface area contributed by atoms with Crippen molar-refractivity contribution in [1.29, 1.82) is 0 Å². The quantitative estimate of drug-likeness (QED) is 0.525. The van der Waals surface area contributed by atoms with Crippen molar-refractivity contribution in [1.82, 2.24) is 5.32 Å². The molecule has 6 nitrogen and oxygen atoms in total. The van der Waals surface area contributed by atoms with Crippen LogP contribution in [0.1, 0.15) is 26.2 Å². The molecule has 0 aliphatic heterocycles. The number of aliphatic carboxylic acids is 1. The zero-order chi connectivity index (χ0) is 11.1. The molecule has 0 saturated heterocycles. The van der Waals surface area contributed by atoms with E-state index in [9.17, 15) is 14.4 Å². The number of carboxylic acid groups (broad SMARTS) is 1. The van der Waals surface area contributed by atoms with Crippen LogP contribution in [0.5, 0.6) is 0 Å². The number of primary amides is 1. The molecule has 80 valence electrons. The molecular formula is C8H14N2O4. The molecule has 6 heteroatoms. The Hall–Kier alpha value is -1.59. The molecule has 0 saturated carbocycles. The topological polar surface area (TPSA) is 109 Å². The Morgan fingerprint density at radius 1 is 1.36 bits per heavy atom. The van der Waals surface area contributed by atoms with Crippen molar-refractivity contribution < 1.29 is 19.5 Å². The van der Waals surface area contributed by atoms with Crippen molar-refractivity contribution in [3.63, 3.8) is 0 Å². The minimum Gasteiger partial charge on any atom is -0.481 e. The van der Waals surface area contributed by atoms with Crippen LogP contribution < -0.4 is 11.1 Å². The fourth-order valence-electron chi connectivity index (χ4n) is 0.920. The van der Waals surface area contributed by atoms with E-state index < -0.39 is 11.9 Å². The number of carboxylic acids is 1. The van der Waals surface area contributed by atoms with Gasteiger partial charge in [-0.1, -0.05) is 0 Å². The lowest BCUT2D eigenvalue weighted by atomic mass is 10.2. The van der Waals surface area contributed by atoms with E-state index in [4.69, 9.17) is 10.8 Å². The van der Waals surface area contributed by atoms with Crippen LogP contribution in [0, 0.1) is 0 Å². The van der Waals surface area contributed by atoms with Gasteiger partial charge in [-0.3, -0.25) is 14.4 Å². The third-order valence-electron chi connectivity index (χ3n) is 1.48. The average Bonchev–Trinajstić information content (AvgIpc) is 1.98. The van der Waals surface area contributed by atoms with E-state index in [1.165, 1.54) is 0 Å². The highest BCUT2D eigenvalue weighted by Crippen LogP contribution is 1.93. The van der Waals surface area contributed by atoms with Gasteiger partial charge in [0.1, 0.15) is 0 Å². The lowest BCUT2D eigenvalue weighted by Crippen LogP contribution is -2.35. The number of amides is 2. The van der Waals surface area contributed by atoms with Gasteiger partial charge >= 0.3 is 5.97 Å². The Kier molecular flexibility index (Phi) is 5.28. The SMILES string of the molecule is CC(CC(N)=O)NC(=O)CCC(=O)O. The first-order chi connectivity index (χ1) is 6.41. The predicted octanol–water partition coefficient (Wildman–Crippen LogP) is -0.769. The summed E-state index contributed by atoms with van der Waals surface area (Å²) in [4.78, 5) is 31.6. The van der Waals surface area contributed by atoms with Gasteiger partial charge in [-0.2, -0.15) is 0 Å². The molecule has 0 bridgehead atoms. The van der Waals surface area contributed by atoms with E-state index >= 15 is 0 Å². The van der Waals surface area contributed by atoms with Gasteiger partial charge in [0, 0.05) is 18.9 Å². The molecule has 0 aliphatic carbocycles. The summed E-state index contributed by atoms with van der Waals surface area (Å²) in [6.45, 7) is 1.63. The van der Waals surface area contributed by atoms with Gasteiger partial charge in [-0.15, -0.1) is 0 Å². The van der Waals surface area contributed by atoms with E-state index in [-0.39, 0.29) is 31.2 Å². The number of carbonyl (C=O) groups is 3. The molecular weight excluding hydrogens is 188 g/mol. The third-order valence-corrected chi connectivity index (χ3v) is 1.48. The van der Waals surface area contributed by atoms with Crippen LogP contribution >= 0.6 is 0 Å². The first-order valence-corrected chi connectivity index (χ1v) is 4.21. The van der Waals surface area contributed by atoms with Crippen molar-refractivity contribution in [2.24, 2.45) is 5.73 Å². The molecule has 0 aromatic rings. The number of carbonyl (C=O) groups excluding carboxylic acids is 2. The summed E-state index contributed by atoms with van der Waals surface area (Å²) in [6, 6.07) is -0.353. The summed E-state index contributed by atoms with van der Waals surface area (Å²) in [6.07, 6.45) is -0.244. The van der Waals surface area contributed by atoms with Crippen LogP contribution in [0.3, 0.4) is 0 Å². The highest BCUT2D eigenvalue weighted by atomic mass is 16.4. The van der Waals surface area contributed by atoms with Gasteiger partial charge in [-0.05, 0) is 6.92 Å². The fraction of sp³-hybridized carbons (Fsp3) is 0.625. The number of rotatable bonds is 6. The first kappa shape index (κ1) is 12.4. The van der Waals surface area contributed by atoms with Crippen LogP contribution in [0.25, 0.3) is 0 Å². The highest BCUT2D eigenvalue weighted by Gasteiger charge is 2.10. The lowest BCUT2D eigenvalue weighted by molar-refractivity contribution is -0.139. The Bertz CT molecular complexity index is 239. The smallest absolute Gasteiger partial charge is 0.303 e. The number of hydrogen-bond donors (Lipinski definition) is 3. The number of nitrogens with two attached hydrogens (primary N) is 1. The van der Waals surface area contributed by atoms with E-state index in [0.29, 0.717) is 0 Å². The minimum absolute atomic E-state index is 0.0544. The Morgan fingerprint density at radius 3 is 2.36 bits per heavy atom. The zero-order valence-corrected chi connectivity index (χ0v) is 7.95. The standard InChI is InChI=1S/C8H14N2O4/c1-5(4-6(9)11)10-7(12)2-3-8(13)14/h5H,2-4H2,1H3,(H2,9,11)(H,10,12)(H,13,14). The molecule has 0 rings (SSSR count). The third kappa shape index (κ3) is 7.08. The average molecular weight is 202 g/mol. The van der Waals surface area contributed by atoms with Crippen molar-refractivity contribution in [3.8, 4) is 0 Å². The maximum Gasteiger partial charge on any atom is 0.303 e. The van der Waals surface area contributed by atoms with Gasteiger partial charge in [0.2, 0.25) is 11.8 Å². The second-order valence-electron chi connectivity index (χ2n) is 3.03. The molecule has 0 heterocycles. The van der Waals surface area contributed by atoms with Gasteiger partial charge < -0.3 is 16.2 Å². The molecule has 1 atom stereocenters. The molecule has 2 amide bonds. The molecule has 4 N–H and O–H groups in total. The molecule has 0 spiro atoms. The zero-order valence-electron chi connectivity index (χ0n) is 7.95. The van der Waals surface area contributed by atoms with Gasteiger partial charge in [0.15, 0.2) is 0 Å². The maximum absolute atomic E-state index is 11.0. The van der Waals surface area contributed by atoms with Crippen LogP contribution in [-0.4, -0.2) is 28.9 Å². The van der Waals surface area contributed by atoms with Crippen LogP contribution in [0.2, 0.25) is 0 Å². The van der Waals surface area contributed by atoms with E-state index in [0.717, 1.165) is 0 Å². The summed E-state index contributed by atoms with van der Waals surface area (Å²) < 4.78 is 0. The summed E-state index contributed by atoms with van der Waals surface area (Å²) >= 11 is 0. The number of nitrogens with one attached hydrogen (secondary N) is 1.